The van der Waals surface area contributed by atoms with Crippen LogP contribution in [0.3, 0.4) is 0 Å². The van der Waals surface area contributed by atoms with Gasteiger partial charge in [0.2, 0.25) is 0 Å². The van der Waals surface area contributed by atoms with Crippen molar-refractivity contribution in [2.45, 2.75) is 12.5 Å². The largest absolute Gasteiger partial charge is 0.493 e. The number of methoxy groups -OCH3 is 2. The summed E-state index contributed by atoms with van der Waals surface area (Å²) in [5.41, 5.74) is 1.44. The van der Waals surface area contributed by atoms with Crippen molar-refractivity contribution >= 4 is 40.8 Å². The standard InChI is InChI=1S/C29H24ClN3O8/c1-37-25-13-19(21(15-26(25)38-2)31-28(35)24-6-4-12-40-24)29(36)41-16-27(34)33-22(23-5-3-11-39-23)14-20(32-33)17-7-9-18(30)10-8-17/h3-13,15,22H,14,16H2,1-2H3,(H,31,35). The highest BCUT2D eigenvalue weighted by molar-refractivity contribution is 6.30. The maximum absolute atomic E-state index is 13.3. The minimum atomic E-state index is -0.885. The van der Waals surface area contributed by atoms with Gasteiger partial charge in [-0.3, -0.25) is 9.59 Å². The summed E-state index contributed by atoms with van der Waals surface area (Å²) in [4.78, 5) is 39.2. The molecule has 4 aromatic rings. The first kappa shape index (κ1) is 27.5. The molecule has 5 rings (SSSR count). The van der Waals surface area contributed by atoms with E-state index in [0.29, 0.717) is 22.9 Å². The quantitative estimate of drug-likeness (QED) is 0.264. The first-order valence-corrected chi connectivity index (χ1v) is 12.7. The van der Waals surface area contributed by atoms with Crippen LogP contribution in [0.5, 0.6) is 11.5 Å². The number of furan rings is 2. The first-order valence-electron chi connectivity index (χ1n) is 12.3. The number of amides is 2. The molecular formula is C29H24ClN3O8. The fourth-order valence-electron chi connectivity index (χ4n) is 4.27. The topological polar surface area (TPSA) is 133 Å². The van der Waals surface area contributed by atoms with Gasteiger partial charge in [0.05, 0.1) is 43.7 Å². The van der Waals surface area contributed by atoms with E-state index in [1.807, 2.05) is 12.1 Å². The molecule has 1 atom stereocenters. The van der Waals surface area contributed by atoms with Gasteiger partial charge in [0.25, 0.3) is 11.8 Å². The average Bonchev–Trinajstić information content (AvgIpc) is 3.78. The van der Waals surface area contributed by atoms with Gasteiger partial charge in [0.15, 0.2) is 23.9 Å². The molecule has 1 aliphatic heterocycles. The molecule has 0 spiro atoms. The lowest BCUT2D eigenvalue weighted by Gasteiger charge is -2.20. The van der Waals surface area contributed by atoms with Crippen LogP contribution >= 0.6 is 11.6 Å². The maximum Gasteiger partial charge on any atom is 0.340 e. The number of anilines is 1. The van der Waals surface area contributed by atoms with E-state index >= 15 is 0 Å². The summed E-state index contributed by atoms with van der Waals surface area (Å²) in [7, 11) is 2.81. The molecule has 3 heterocycles. The Morgan fingerprint density at radius 1 is 1.00 bits per heavy atom. The normalized spacial score (nSPS) is 14.4. The fraction of sp³-hybridized carbons (Fsp3) is 0.172. The van der Waals surface area contributed by atoms with Crippen molar-refractivity contribution in [1.82, 2.24) is 5.01 Å². The molecule has 2 amide bonds. The minimum Gasteiger partial charge on any atom is -0.493 e. The number of nitrogens with one attached hydrogen (secondary N) is 1. The predicted octanol–water partition coefficient (Wildman–Crippen LogP) is 5.33. The number of halogens is 1. The van der Waals surface area contributed by atoms with Gasteiger partial charge >= 0.3 is 5.97 Å². The van der Waals surface area contributed by atoms with Crippen LogP contribution in [0.1, 0.15) is 44.7 Å². The van der Waals surface area contributed by atoms with E-state index < -0.39 is 30.4 Å². The van der Waals surface area contributed by atoms with Crippen LogP contribution in [0, 0.1) is 0 Å². The Hall–Kier alpha value is -5.03. The van der Waals surface area contributed by atoms with Crippen LogP contribution in [0.2, 0.25) is 5.02 Å². The number of hydrogen-bond acceptors (Lipinski definition) is 9. The molecule has 2 aromatic heterocycles. The van der Waals surface area contributed by atoms with Gasteiger partial charge in [-0.2, -0.15) is 5.10 Å². The lowest BCUT2D eigenvalue weighted by atomic mass is 10.0. The highest BCUT2D eigenvalue weighted by atomic mass is 35.5. The molecule has 1 unspecified atom stereocenters. The van der Waals surface area contributed by atoms with E-state index in [1.165, 1.54) is 50.0 Å². The zero-order chi connectivity index (χ0) is 28.9. The third-order valence-corrected chi connectivity index (χ3v) is 6.53. The highest BCUT2D eigenvalue weighted by Gasteiger charge is 2.35. The number of carbonyl (C=O) groups is 3. The van der Waals surface area contributed by atoms with E-state index in [9.17, 15) is 14.4 Å². The number of benzene rings is 2. The summed E-state index contributed by atoms with van der Waals surface area (Å²) in [5.74, 6) is -1.03. The molecule has 0 radical (unpaired) electrons. The van der Waals surface area contributed by atoms with E-state index in [-0.39, 0.29) is 28.5 Å². The summed E-state index contributed by atoms with van der Waals surface area (Å²) in [6, 6.07) is 15.8. The van der Waals surface area contributed by atoms with Gasteiger partial charge < -0.3 is 28.4 Å². The van der Waals surface area contributed by atoms with Crippen molar-refractivity contribution in [2.75, 3.05) is 26.1 Å². The van der Waals surface area contributed by atoms with Gasteiger partial charge in [-0.1, -0.05) is 23.7 Å². The van der Waals surface area contributed by atoms with Crippen molar-refractivity contribution in [3.8, 4) is 11.5 Å². The number of nitrogens with zero attached hydrogens (tertiary/aromatic N) is 2. The lowest BCUT2D eigenvalue weighted by Crippen LogP contribution is -2.31. The van der Waals surface area contributed by atoms with Crippen LogP contribution in [0.4, 0.5) is 5.69 Å². The number of carbonyl (C=O) groups excluding carboxylic acids is 3. The molecule has 1 N–H and O–H groups in total. The second-order valence-corrected chi connectivity index (χ2v) is 9.22. The van der Waals surface area contributed by atoms with Gasteiger partial charge in [-0.15, -0.1) is 0 Å². The highest BCUT2D eigenvalue weighted by Crippen LogP contribution is 2.35. The zero-order valence-corrected chi connectivity index (χ0v) is 22.7. The average molecular weight is 578 g/mol. The Morgan fingerprint density at radius 3 is 2.37 bits per heavy atom. The Morgan fingerprint density at radius 2 is 1.71 bits per heavy atom. The summed E-state index contributed by atoms with van der Waals surface area (Å²) in [6.07, 6.45) is 3.24. The Balaban J connectivity index is 1.37. The summed E-state index contributed by atoms with van der Waals surface area (Å²) in [6.45, 7) is -0.632. The van der Waals surface area contributed by atoms with Gasteiger partial charge in [0, 0.05) is 23.6 Å². The number of rotatable bonds is 9. The second kappa shape index (κ2) is 12.0. The molecule has 0 fully saturated rings. The molecule has 41 heavy (non-hydrogen) atoms. The monoisotopic (exact) mass is 577 g/mol. The molecule has 2 aromatic carbocycles. The molecule has 12 heteroatoms. The number of hydrogen-bond donors (Lipinski definition) is 1. The van der Waals surface area contributed by atoms with Gasteiger partial charge in [-0.05, 0) is 42.0 Å². The Labute approximate surface area is 239 Å². The fourth-order valence-corrected chi connectivity index (χ4v) is 4.40. The number of ether oxygens (including phenoxy) is 3. The third-order valence-electron chi connectivity index (χ3n) is 6.28. The number of hydrazone groups is 1. The van der Waals surface area contributed by atoms with E-state index in [2.05, 4.69) is 10.4 Å². The third kappa shape index (κ3) is 5.94. The van der Waals surface area contributed by atoms with E-state index in [1.54, 1.807) is 30.3 Å². The van der Waals surface area contributed by atoms with Crippen molar-refractivity contribution in [2.24, 2.45) is 5.10 Å². The van der Waals surface area contributed by atoms with Crippen molar-refractivity contribution in [1.29, 1.82) is 0 Å². The van der Waals surface area contributed by atoms with E-state index in [0.717, 1.165) is 5.56 Å². The molecule has 0 aliphatic carbocycles. The number of esters is 1. The second-order valence-electron chi connectivity index (χ2n) is 8.79. The summed E-state index contributed by atoms with van der Waals surface area (Å²) >= 11 is 6.02. The summed E-state index contributed by atoms with van der Waals surface area (Å²) in [5, 5.41) is 8.94. The molecule has 0 saturated heterocycles. The minimum absolute atomic E-state index is 0.0293. The van der Waals surface area contributed by atoms with Crippen LogP contribution in [0.25, 0.3) is 0 Å². The van der Waals surface area contributed by atoms with Crippen molar-refractivity contribution < 1.29 is 37.4 Å². The lowest BCUT2D eigenvalue weighted by molar-refractivity contribution is -0.136. The van der Waals surface area contributed by atoms with Crippen LogP contribution in [0.15, 0.2) is 87.1 Å². The molecule has 11 nitrogen and oxygen atoms in total. The molecule has 1 aliphatic rings. The Bertz CT molecular complexity index is 1580. The molecule has 0 saturated carbocycles. The predicted molar refractivity (Wildman–Crippen MR) is 147 cm³/mol. The molecule has 210 valence electrons. The smallest absolute Gasteiger partial charge is 0.340 e. The van der Waals surface area contributed by atoms with E-state index in [4.69, 9.17) is 34.6 Å². The molecule has 0 bridgehead atoms. The van der Waals surface area contributed by atoms with Crippen LogP contribution in [-0.2, 0) is 9.53 Å². The zero-order valence-electron chi connectivity index (χ0n) is 22.0. The SMILES string of the molecule is COc1cc(NC(=O)c2ccco2)c(C(=O)OCC(=O)N2N=C(c3ccc(Cl)cc3)CC2c2ccco2)cc1OC. The van der Waals surface area contributed by atoms with Gasteiger partial charge in [-0.25, -0.2) is 9.80 Å². The first-order chi connectivity index (χ1) is 19.9. The van der Waals surface area contributed by atoms with Crippen molar-refractivity contribution in [3.63, 3.8) is 0 Å². The van der Waals surface area contributed by atoms with Crippen molar-refractivity contribution in [3.05, 3.63) is 101 Å². The molecular weight excluding hydrogens is 554 g/mol. The maximum atomic E-state index is 13.3. The summed E-state index contributed by atoms with van der Waals surface area (Å²) < 4.78 is 26.7. The van der Waals surface area contributed by atoms with Gasteiger partial charge in [0.1, 0.15) is 11.8 Å². The van der Waals surface area contributed by atoms with Crippen LogP contribution < -0.4 is 14.8 Å². The van der Waals surface area contributed by atoms with Crippen LogP contribution in [-0.4, -0.2) is 49.3 Å². The Kier molecular flexibility index (Phi) is 8.06.